The van der Waals surface area contributed by atoms with Crippen LogP contribution in [0.5, 0.6) is 0 Å². The molecule has 23 heavy (non-hydrogen) atoms. The first-order valence-corrected chi connectivity index (χ1v) is 8.83. The third kappa shape index (κ3) is 15.0. The number of carbonyl (C=O) groups is 2. The fourth-order valence-corrected chi connectivity index (χ4v) is 2.13. The van der Waals surface area contributed by atoms with E-state index < -0.39 is 0 Å². The summed E-state index contributed by atoms with van der Waals surface area (Å²) in [5.74, 6) is -0.0284. The maximum atomic E-state index is 11.6. The van der Waals surface area contributed by atoms with Crippen molar-refractivity contribution in [2.75, 3.05) is 6.54 Å². The van der Waals surface area contributed by atoms with E-state index in [2.05, 4.69) is 12.2 Å². The molecule has 3 nitrogen and oxygen atoms in total. The maximum absolute atomic E-state index is 11.6. The monoisotopic (exact) mass is 319 g/mol. The summed E-state index contributed by atoms with van der Waals surface area (Å²) in [6.45, 7) is 6.81. The SMILES string of the molecule is CCCCCCCCNC(=O)/C=C/C=C(\C)CC/C=C(\C)C=O. The molecular weight excluding hydrogens is 286 g/mol. The summed E-state index contributed by atoms with van der Waals surface area (Å²) in [7, 11) is 0. The van der Waals surface area contributed by atoms with Gasteiger partial charge in [-0.15, -0.1) is 0 Å². The van der Waals surface area contributed by atoms with Crippen molar-refractivity contribution >= 4 is 12.2 Å². The van der Waals surface area contributed by atoms with Crippen LogP contribution in [-0.2, 0) is 9.59 Å². The lowest BCUT2D eigenvalue weighted by molar-refractivity contribution is -0.116. The van der Waals surface area contributed by atoms with Gasteiger partial charge in [-0.2, -0.15) is 0 Å². The number of hydrogen-bond donors (Lipinski definition) is 1. The molecule has 0 rings (SSSR count). The van der Waals surface area contributed by atoms with Gasteiger partial charge in [0.15, 0.2) is 0 Å². The number of nitrogens with one attached hydrogen (secondary N) is 1. The summed E-state index contributed by atoms with van der Waals surface area (Å²) < 4.78 is 0. The first-order chi connectivity index (χ1) is 11.1. The van der Waals surface area contributed by atoms with Crippen molar-refractivity contribution in [2.24, 2.45) is 0 Å². The third-order valence-electron chi connectivity index (χ3n) is 3.65. The van der Waals surface area contributed by atoms with Gasteiger partial charge in [0.05, 0.1) is 0 Å². The molecule has 0 aromatic rings. The van der Waals surface area contributed by atoms with E-state index in [1.54, 1.807) is 19.1 Å². The highest BCUT2D eigenvalue weighted by molar-refractivity contribution is 5.87. The Kier molecular flexibility index (Phi) is 14.2. The van der Waals surface area contributed by atoms with Crippen molar-refractivity contribution in [1.82, 2.24) is 5.32 Å². The van der Waals surface area contributed by atoms with Crippen LogP contribution in [0.4, 0.5) is 0 Å². The van der Waals surface area contributed by atoms with Gasteiger partial charge >= 0.3 is 0 Å². The molecule has 0 unspecified atom stereocenters. The molecule has 0 aliphatic carbocycles. The van der Waals surface area contributed by atoms with E-state index in [1.165, 1.54) is 37.7 Å². The second kappa shape index (κ2) is 15.3. The van der Waals surface area contributed by atoms with Crippen LogP contribution in [0, 0.1) is 0 Å². The molecule has 0 aliphatic heterocycles. The maximum Gasteiger partial charge on any atom is 0.243 e. The molecule has 0 fully saturated rings. The predicted molar refractivity (Wildman–Crippen MR) is 98.3 cm³/mol. The normalized spacial score (nSPS) is 12.7. The smallest absolute Gasteiger partial charge is 0.243 e. The molecule has 0 spiro atoms. The largest absolute Gasteiger partial charge is 0.353 e. The molecule has 3 heteroatoms. The third-order valence-corrected chi connectivity index (χ3v) is 3.65. The molecule has 0 saturated heterocycles. The molecule has 0 heterocycles. The van der Waals surface area contributed by atoms with E-state index in [9.17, 15) is 9.59 Å². The molecule has 0 aromatic carbocycles. The number of amides is 1. The minimum absolute atomic E-state index is 0.0284. The van der Waals surface area contributed by atoms with Crippen LogP contribution in [0.1, 0.15) is 72.1 Å². The molecule has 130 valence electrons. The summed E-state index contributed by atoms with van der Waals surface area (Å²) in [5.41, 5.74) is 1.96. The van der Waals surface area contributed by atoms with Crippen LogP contribution in [0.3, 0.4) is 0 Å². The van der Waals surface area contributed by atoms with Crippen LogP contribution < -0.4 is 5.32 Å². The molecule has 1 N–H and O–H groups in total. The summed E-state index contributed by atoms with van der Waals surface area (Å²) >= 11 is 0. The number of carbonyl (C=O) groups excluding carboxylic acids is 2. The van der Waals surface area contributed by atoms with Gasteiger partial charge in [0.2, 0.25) is 5.91 Å². The van der Waals surface area contributed by atoms with E-state index in [0.717, 1.165) is 37.7 Å². The number of hydrogen-bond acceptors (Lipinski definition) is 2. The number of aldehydes is 1. The van der Waals surface area contributed by atoms with Gasteiger partial charge in [-0.3, -0.25) is 9.59 Å². The standard InChI is InChI=1S/C20H33NO2/c1-4-5-6-7-8-9-16-21-20(23)15-11-13-18(2)12-10-14-19(3)17-22/h11,13-15,17H,4-10,12,16H2,1-3H3,(H,21,23)/b15-11+,18-13+,19-14+. The lowest BCUT2D eigenvalue weighted by Gasteiger charge is -2.02. The molecule has 0 aromatic heterocycles. The highest BCUT2D eigenvalue weighted by Crippen LogP contribution is 2.06. The van der Waals surface area contributed by atoms with E-state index in [0.29, 0.717) is 0 Å². The zero-order chi connectivity index (χ0) is 17.3. The van der Waals surface area contributed by atoms with Gasteiger partial charge in [0, 0.05) is 12.6 Å². The summed E-state index contributed by atoms with van der Waals surface area (Å²) in [4.78, 5) is 22.1. The molecule has 0 radical (unpaired) electrons. The molecular formula is C20H33NO2. The minimum Gasteiger partial charge on any atom is -0.353 e. The first kappa shape index (κ1) is 21.4. The van der Waals surface area contributed by atoms with Crippen molar-refractivity contribution < 1.29 is 9.59 Å². The van der Waals surface area contributed by atoms with Crippen LogP contribution in [0.2, 0.25) is 0 Å². The number of allylic oxidation sites excluding steroid dienone is 5. The molecule has 0 bridgehead atoms. The van der Waals surface area contributed by atoms with Gasteiger partial charge in [0.1, 0.15) is 6.29 Å². The van der Waals surface area contributed by atoms with Gasteiger partial charge in [-0.1, -0.05) is 62.8 Å². The Labute approximate surface area is 141 Å². The van der Waals surface area contributed by atoms with Crippen molar-refractivity contribution in [3.63, 3.8) is 0 Å². The van der Waals surface area contributed by atoms with Crippen LogP contribution in [0.15, 0.2) is 35.5 Å². The highest BCUT2D eigenvalue weighted by atomic mass is 16.1. The average molecular weight is 319 g/mol. The fourth-order valence-electron chi connectivity index (χ4n) is 2.13. The Morgan fingerprint density at radius 1 is 1.04 bits per heavy atom. The minimum atomic E-state index is -0.0284. The summed E-state index contributed by atoms with van der Waals surface area (Å²) in [5, 5.41) is 2.91. The Hall–Kier alpha value is -1.64. The van der Waals surface area contributed by atoms with Crippen molar-refractivity contribution in [2.45, 2.75) is 72.1 Å². The van der Waals surface area contributed by atoms with Crippen molar-refractivity contribution in [3.8, 4) is 0 Å². The molecule has 0 aliphatic rings. The Morgan fingerprint density at radius 2 is 1.74 bits per heavy atom. The van der Waals surface area contributed by atoms with E-state index in [1.807, 2.05) is 19.1 Å². The fraction of sp³-hybridized carbons (Fsp3) is 0.600. The van der Waals surface area contributed by atoms with Gasteiger partial charge < -0.3 is 5.32 Å². The van der Waals surface area contributed by atoms with Crippen LogP contribution in [-0.4, -0.2) is 18.7 Å². The van der Waals surface area contributed by atoms with Gasteiger partial charge in [-0.05, 0) is 38.7 Å². The Bertz CT molecular complexity index is 419. The lowest BCUT2D eigenvalue weighted by atomic mass is 10.1. The highest BCUT2D eigenvalue weighted by Gasteiger charge is 1.94. The number of unbranched alkanes of at least 4 members (excludes halogenated alkanes) is 5. The van der Waals surface area contributed by atoms with Crippen LogP contribution in [0.25, 0.3) is 0 Å². The van der Waals surface area contributed by atoms with Gasteiger partial charge in [0.25, 0.3) is 0 Å². The Balaban J connectivity index is 3.77. The van der Waals surface area contributed by atoms with Crippen molar-refractivity contribution in [3.05, 3.63) is 35.5 Å². The lowest BCUT2D eigenvalue weighted by Crippen LogP contribution is -2.21. The first-order valence-electron chi connectivity index (χ1n) is 8.83. The second-order valence-electron chi connectivity index (χ2n) is 6.04. The summed E-state index contributed by atoms with van der Waals surface area (Å²) in [6.07, 6.45) is 17.3. The quantitative estimate of drug-likeness (QED) is 0.227. The molecule has 1 amide bonds. The molecule has 0 saturated carbocycles. The van der Waals surface area contributed by atoms with E-state index in [4.69, 9.17) is 0 Å². The topological polar surface area (TPSA) is 46.2 Å². The predicted octanol–water partition coefficient (Wildman–Crippen LogP) is 4.89. The summed E-state index contributed by atoms with van der Waals surface area (Å²) in [6, 6.07) is 0. The van der Waals surface area contributed by atoms with E-state index >= 15 is 0 Å². The van der Waals surface area contributed by atoms with Crippen molar-refractivity contribution in [1.29, 1.82) is 0 Å². The van der Waals surface area contributed by atoms with Gasteiger partial charge in [-0.25, -0.2) is 0 Å². The Morgan fingerprint density at radius 3 is 2.43 bits per heavy atom. The average Bonchev–Trinajstić information content (AvgIpc) is 2.53. The van der Waals surface area contributed by atoms with Crippen LogP contribution >= 0.6 is 0 Å². The zero-order valence-electron chi connectivity index (χ0n) is 15.1. The van der Waals surface area contributed by atoms with E-state index in [-0.39, 0.29) is 5.91 Å². The zero-order valence-corrected chi connectivity index (χ0v) is 15.1. The second-order valence-corrected chi connectivity index (χ2v) is 6.04. The molecule has 0 atom stereocenters. The number of rotatable bonds is 13.